The predicted octanol–water partition coefficient (Wildman–Crippen LogP) is 2.90. The fourth-order valence-electron chi connectivity index (χ4n) is 2.91. The molecule has 2 aliphatic rings. The van der Waals surface area contributed by atoms with Gasteiger partial charge in [0.2, 0.25) is 5.91 Å². The molecular formula is C18H17ClN4O2. The van der Waals surface area contributed by atoms with E-state index in [0.29, 0.717) is 28.6 Å². The molecular weight excluding hydrogens is 340 g/mol. The Morgan fingerprint density at radius 2 is 2.12 bits per heavy atom. The Balaban J connectivity index is 1.60. The number of nitrogens with zero attached hydrogens (tertiary/aromatic N) is 2. The first kappa shape index (κ1) is 15.9. The largest absolute Gasteiger partial charge is 0.359 e. The summed E-state index contributed by atoms with van der Waals surface area (Å²) in [6.45, 7) is 0.652. The molecule has 0 atom stereocenters. The lowest BCUT2D eigenvalue weighted by Crippen LogP contribution is -2.33. The lowest BCUT2D eigenvalue weighted by molar-refractivity contribution is -0.114. The normalized spacial score (nSPS) is 15.8. The van der Waals surface area contributed by atoms with Gasteiger partial charge in [0.05, 0.1) is 17.8 Å². The molecule has 0 radical (unpaired) electrons. The molecule has 1 aliphatic heterocycles. The van der Waals surface area contributed by atoms with Gasteiger partial charge in [-0.3, -0.25) is 9.59 Å². The van der Waals surface area contributed by atoms with Gasteiger partial charge in [-0.1, -0.05) is 29.8 Å². The molecule has 1 saturated carbocycles. The van der Waals surface area contributed by atoms with Gasteiger partial charge in [-0.15, -0.1) is 0 Å². The summed E-state index contributed by atoms with van der Waals surface area (Å²) in [5.41, 5.74) is 1.92. The zero-order valence-corrected chi connectivity index (χ0v) is 14.2. The Morgan fingerprint density at radius 1 is 1.32 bits per heavy atom. The average molecular weight is 357 g/mol. The lowest BCUT2D eigenvalue weighted by atomic mass is 10.1. The fraction of sp³-hybridized carbons (Fsp3) is 0.278. The van der Waals surface area contributed by atoms with Gasteiger partial charge < -0.3 is 15.5 Å². The summed E-state index contributed by atoms with van der Waals surface area (Å²) in [7, 11) is 0. The zero-order chi connectivity index (χ0) is 17.4. The third kappa shape index (κ3) is 3.30. The lowest BCUT2D eigenvalue weighted by Gasteiger charge is -2.24. The van der Waals surface area contributed by atoms with Crippen LogP contribution >= 0.6 is 11.6 Å². The molecule has 0 spiro atoms. The number of nitrogens with one attached hydrogen (secondary N) is 2. The van der Waals surface area contributed by atoms with Crippen LogP contribution in [0.4, 0.5) is 11.5 Å². The number of aromatic nitrogens is 1. The Kier molecular flexibility index (Phi) is 4.05. The van der Waals surface area contributed by atoms with E-state index in [1.54, 1.807) is 12.3 Å². The quantitative estimate of drug-likeness (QED) is 0.883. The van der Waals surface area contributed by atoms with Crippen LogP contribution in [0.2, 0.25) is 5.02 Å². The minimum Gasteiger partial charge on any atom is -0.359 e. The summed E-state index contributed by atoms with van der Waals surface area (Å²) in [6.07, 6.45) is 3.54. The summed E-state index contributed by atoms with van der Waals surface area (Å²) >= 11 is 6.25. The minimum atomic E-state index is -0.144. The molecule has 7 heteroatoms. The number of fused-ring (bicyclic) bond motifs is 1. The molecule has 1 aliphatic carbocycles. The highest BCUT2D eigenvalue weighted by molar-refractivity contribution is 6.31. The number of rotatable bonds is 4. The van der Waals surface area contributed by atoms with E-state index in [4.69, 9.17) is 11.6 Å². The summed E-state index contributed by atoms with van der Waals surface area (Å²) in [5, 5.41) is 6.32. The fourth-order valence-corrected chi connectivity index (χ4v) is 3.10. The number of benzene rings is 1. The number of amides is 2. The number of hydrogen-bond acceptors (Lipinski definition) is 4. The van der Waals surface area contributed by atoms with E-state index in [9.17, 15) is 9.59 Å². The smallest absolute Gasteiger partial charge is 0.256 e. The molecule has 25 heavy (non-hydrogen) atoms. The van der Waals surface area contributed by atoms with Crippen LogP contribution in [0.25, 0.3) is 0 Å². The van der Waals surface area contributed by atoms with Gasteiger partial charge in [-0.25, -0.2) is 4.98 Å². The van der Waals surface area contributed by atoms with E-state index in [1.807, 2.05) is 29.2 Å². The van der Waals surface area contributed by atoms with Crippen molar-refractivity contribution in [3.05, 3.63) is 52.7 Å². The monoisotopic (exact) mass is 356 g/mol. The van der Waals surface area contributed by atoms with Crippen molar-refractivity contribution in [2.75, 3.05) is 17.2 Å². The number of hydrogen-bond donors (Lipinski definition) is 2. The van der Waals surface area contributed by atoms with Crippen LogP contribution in [-0.2, 0) is 11.3 Å². The van der Waals surface area contributed by atoms with E-state index in [0.717, 1.165) is 18.4 Å². The minimum absolute atomic E-state index is 0.0995. The van der Waals surface area contributed by atoms with E-state index >= 15 is 0 Å². The topological polar surface area (TPSA) is 74.3 Å². The standard InChI is InChI=1S/C18H17ClN4O2/c19-14-4-2-1-3-11(14)10-23(13-5-6-13)18(25)12-7-15-17(20-8-12)21-9-16(24)22-15/h1-4,7-8,13H,5-6,9-10H2,(H,20,21)(H,22,24). The second-order valence-corrected chi connectivity index (χ2v) is 6.68. The number of halogens is 1. The van der Waals surface area contributed by atoms with Crippen LogP contribution in [0.3, 0.4) is 0 Å². The molecule has 2 aromatic rings. The van der Waals surface area contributed by atoms with E-state index < -0.39 is 0 Å². The average Bonchev–Trinajstić information content (AvgIpc) is 3.45. The van der Waals surface area contributed by atoms with Crippen molar-refractivity contribution in [2.24, 2.45) is 0 Å². The molecule has 0 bridgehead atoms. The number of pyridine rings is 1. The maximum Gasteiger partial charge on any atom is 0.256 e. The molecule has 1 aromatic heterocycles. The van der Waals surface area contributed by atoms with Crippen molar-refractivity contribution >= 4 is 34.9 Å². The third-order valence-corrected chi connectivity index (χ3v) is 4.74. The van der Waals surface area contributed by atoms with Gasteiger partial charge in [0.15, 0.2) is 0 Å². The molecule has 0 saturated heterocycles. The molecule has 2 amide bonds. The molecule has 1 fully saturated rings. The predicted molar refractivity (Wildman–Crippen MR) is 95.7 cm³/mol. The Morgan fingerprint density at radius 3 is 2.88 bits per heavy atom. The maximum absolute atomic E-state index is 13.0. The van der Waals surface area contributed by atoms with Crippen LogP contribution < -0.4 is 10.6 Å². The van der Waals surface area contributed by atoms with Gasteiger partial charge in [0, 0.05) is 23.8 Å². The second-order valence-electron chi connectivity index (χ2n) is 6.28. The van der Waals surface area contributed by atoms with E-state index in [2.05, 4.69) is 15.6 Å². The van der Waals surface area contributed by atoms with Crippen molar-refractivity contribution in [1.82, 2.24) is 9.88 Å². The van der Waals surface area contributed by atoms with Gasteiger partial charge in [-0.05, 0) is 30.5 Å². The number of carbonyl (C=O) groups is 2. The summed E-state index contributed by atoms with van der Waals surface area (Å²) in [4.78, 5) is 30.6. The van der Waals surface area contributed by atoms with Crippen LogP contribution in [-0.4, -0.2) is 34.3 Å². The van der Waals surface area contributed by atoms with Gasteiger partial charge >= 0.3 is 0 Å². The van der Waals surface area contributed by atoms with Crippen molar-refractivity contribution in [1.29, 1.82) is 0 Å². The van der Waals surface area contributed by atoms with E-state index in [1.165, 1.54) is 0 Å². The second kappa shape index (κ2) is 6.37. The molecule has 0 unspecified atom stereocenters. The third-order valence-electron chi connectivity index (χ3n) is 4.37. The van der Waals surface area contributed by atoms with Crippen molar-refractivity contribution in [3.63, 3.8) is 0 Å². The summed E-state index contributed by atoms with van der Waals surface area (Å²) in [5.74, 6) is 0.340. The highest BCUT2D eigenvalue weighted by Gasteiger charge is 2.34. The maximum atomic E-state index is 13.0. The van der Waals surface area contributed by atoms with Crippen LogP contribution in [0.5, 0.6) is 0 Å². The molecule has 2 heterocycles. The molecule has 6 nitrogen and oxygen atoms in total. The molecule has 1 aromatic carbocycles. The zero-order valence-electron chi connectivity index (χ0n) is 13.5. The van der Waals surface area contributed by atoms with Crippen LogP contribution in [0.15, 0.2) is 36.5 Å². The molecule has 4 rings (SSSR count). The van der Waals surface area contributed by atoms with Gasteiger partial charge in [0.25, 0.3) is 5.91 Å². The van der Waals surface area contributed by atoms with Crippen LogP contribution in [0, 0.1) is 0 Å². The van der Waals surface area contributed by atoms with Gasteiger partial charge in [-0.2, -0.15) is 0 Å². The number of anilines is 2. The highest BCUT2D eigenvalue weighted by atomic mass is 35.5. The summed E-state index contributed by atoms with van der Waals surface area (Å²) < 4.78 is 0. The van der Waals surface area contributed by atoms with Crippen molar-refractivity contribution < 1.29 is 9.59 Å². The molecule has 128 valence electrons. The Hall–Kier alpha value is -2.60. The van der Waals surface area contributed by atoms with Crippen LogP contribution in [0.1, 0.15) is 28.8 Å². The van der Waals surface area contributed by atoms with E-state index in [-0.39, 0.29) is 24.4 Å². The Labute approximate surface area is 150 Å². The number of carbonyl (C=O) groups excluding carboxylic acids is 2. The van der Waals surface area contributed by atoms with Gasteiger partial charge in [0.1, 0.15) is 5.82 Å². The first-order valence-corrected chi connectivity index (χ1v) is 8.58. The highest BCUT2D eigenvalue weighted by Crippen LogP contribution is 2.32. The first-order chi connectivity index (χ1) is 12.1. The van der Waals surface area contributed by atoms with Crippen molar-refractivity contribution in [3.8, 4) is 0 Å². The SMILES string of the molecule is O=C1CNc2ncc(C(=O)N(Cc3ccccc3Cl)C3CC3)cc2N1. The first-order valence-electron chi connectivity index (χ1n) is 8.20. The molecule has 2 N–H and O–H groups in total. The Bertz CT molecular complexity index is 851. The van der Waals surface area contributed by atoms with Crippen molar-refractivity contribution in [2.45, 2.75) is 25.4 Å². The summed E-state index contributed by atoms with van der Waals surface area (Å²) in [6, 6.07) is 9.45.